The first-order chi connectivity index (χ1) is 12.1. The van der Waals surface area contributed by atoms with Crippen molar-refractivity contribution >= 4 is 17.4 Å². The first-order valence-corrected chi connectivity index (χ1v) is 8.47. The Hall–Kier alpha value is -3.07. The van der Waals surface area contributed by atoms with Gasteiger partial charge >= 0.3 is 0 Å². The predicted molar refractivity (Wildman–Crippen MR) is 93.6 cm³/mol. The molecule has 4 heterocycles. The lowest BCUT2D eigenvalue weighted by Gasteiger charge is -2.06. The van der Waals surface area contributed by atoms with Crippen LogP contribution in [0.4, 0.5) is 0 Å². The molecule has 0 unspecified atom stereocenters. The summed E-state index contributed by atoms with van der Waals surface area (Å²) in [6.45, 7) is 1.87. The van der Waals surface area contributed by atoms with E-state index < -0.39 is 0 Å². The molecule has 4 rings (SSSR count). The van der Waals surface area contributed by atoms with Gasteiger partial charge in [0.15, 0.2) is 5.76 Å². The van der Waals surface area contributed by atoms with Crippen molar-refractivity contribution in [3.8, 4) is 11.6 Å². The highest BCUT2D eigenvalue weighted by molar-refractivity contribution is 7.98. The summed E-state index contributed by atoms with van der Waals surface area (Å²) in [7, 11) is 0. The van der Waals surface area contributed by atoms with E-state index in [-0.39, 0.29) is 5.56 Å². The third-order valence-electron chi connectivity index (χ3n) is 3.69. The van der Waals surface area contributed by atoms with E-state index in [1.165, 1.54) is 22.5 Å². The van der Waals surface area contributed by atoms with Crippen molar-refractivity contribution in [2.24, 2.45) is 0 Å². The first kappa shape index (κ1) is 15.5. The van der Waals surface area contributed by atoms with E-state index in [9.17, 15) is 4.79 Å². The van der Waals surface area contributed by atoms with Crippen LogP contribution in [0.15, 0.2) is 57.0 Å². The number of nitrogens with zero attached hydrogens (tertiary/aromatic N) is 5. The third-order valence-corrected chi connectivity index (χ3v) is 4.67. The highest BCUT2D eigenvalue weighted by Crippen LogP contribution is 2.23. The summed E-state index contributed by atoms with van der Waals surface area (Å²) >= 11 is 1.35. The largest absolute Gasteiger partial charge is 0.461 e. The van der Waals surface area contributed by atoms with E-state index in [0.717, 1.165) is 5.69 Å². The standard InChI is InChI=1S/C16H14N6O2S/c1-10-4-2-6-13-18-11(8-14(23)21(10)13)9-25-16-20-19-15(22(16)17)12-5-3-7-24-12/h2-8H,9,17H2,1H3. The van der Waals surface area contributed by atoms with Crippen molar-refractivity contribution in [2.75, 3.05) is 5.84 Å². The molecule has 0 saturated carbocycles. The Morgan fingerprint density at radius 2 is 2.12 bits per heavy atom. The molecule has 0 spiro atoms. The number of nitrogen functional groups attached to an aromatic ring is 1. The molecule has 0 amide bonds. The van der Waals surface area contributed by atoms with E-state index in [0.29, 0.717) is 33.8 Å². The first-order valence-electron chi connectivity index (χ1n) is 7.49. The molecule has 0 radical (unpaired) electrons. The molecule has 2 N–H and O–H groups in total. The maximum Gasteiger partial charge on any atom is 0.258 e. The molecule has 0 aliphatic carbocycles. The summed E-state index contributed by atoms with van der Waals surface area (Å²) in [5.74, 6) is 7.46. The zero-order valence-corrected chi connectivity index (χ0v) is 14.1. The summed E-state index contributed by atoms with van der Waals surface area (Å²) < 4.78 is 8.22. The van der Waals surface area contributed by atoms with Crippen LogP contribution in [0.1, 0.15) is 11.4 Å². The third kappa shape index (κ3) is 2.78. The Morgan fingerprint density at radius 1 is 1.24 bits per heavy atom. The number of nitrogens with two attached hydrogens (primary N) is 1. The summed E-state index contributed by atoms with van der Waals surface area (Å²) in [6.07, 6.45) is 1.55. The normalized spacial score (nSPS) is 11.2. The number of hydrogen-bond acceptors (Lipinski definition) is 7. The van der Waals surface area contributed by atoms with Crippen molar-refractivity contribution in [1.82, 2.24) is 24.3 Å². The molecule has 126 valence electrons. The van der Waals surface area contributed by atoms with Crippen LogP contribution in [-0.2, 0) is 5.75 Å². The average molecular weight is 354 g/mol. The van der Waals surface area contributed by atoms with Crippen molar-refractivity contribution < 1.29 is 4.42 Å². The van der Waals surface area contributed by atoms with Crippen LogP contribution in [0.25, 0.3) is 17.2 Å². The topological polar surface area (TPSA) is 104 Å². The van der Waals surface area contributed by atoms with Crippen molar-refractivity contribution in [3.05, 3.63) is 64.4 Å². The second-order valence-electron chi connectivity index (χ2n) is 5.39. The van der Waals surface area contributed by atoms with Gasteiger partial charge in [0.05, 0.1) is 12.0 Å². The molecule has 4 aromatic heterocycles. The predicted octanol–water partition coefficient (Wildman–Crippen LogP) is 1.86. The molecular formula is C16H14N6O2S. The van der Waals surface area contributed by atoms with Gasteiger partial charge in [0, 0.05) is 17.5 Å². The molecule has 0 aromatic carbocycles. The van der Waals surface area contributed by atoms with Gasteiger partial charge in [-0.1, -0.05) is 17.8 Å². The van der Waals surface area contributed by atoms with Gasteiger partial charge in [-0.05, 0) is 31.2 Å². The van der Waals surface area contributed by atoms with Crippen molar-refractivity contribution in [1.29, 1.82) is 0 Å². The molecule has 0 bridgehead atoms. The summed E-state index contributed by atoms with van der Waals surface area (Å²) in [5, 5.41) is 8.61. The van der Waals surface area contributed by atoms with Gasteiger partial charge in [-0.15, -0.1) is 10.2 Å². The molecule has 25 heavy (non-hydrogen) atoms. The Bertz CT molecular complexity index is 1100. The maximum absolute atomic E-state index is 12.3. The molecule has 0 saturated heterocycles. The molecule has 8 nitrogen and oxygen atoms in total. The number of rotatable bonds is 4. The van der Waals surface area contributed by atoms with Gasteiger partial charge in [-0.2, -0.15) is 0 Å². The van der Waals surface area contributed by atoms with Crippen LogP contribution in [0.5, 0.6) is 0 Å². The van der Waals surface area contributed by atoms with E-state index in [1.54, 1.807) is 22.8 Å². The van der Waals surface area contributed by atoms with E-state index in [2.05, 4.69) is 15.2 Å². The number of hydrogen-bond donors (Lipinski definition) is 1. The number of fused-ring (bicyclic) bond motifs is 1. The number of thioether (sulfide) groups is 1. The Labute approximate surface area is 146 Å². The van der Waals surface area contributed by atoms with Crippen LogP contribution in [0.2, 0.25) is 0 Å². The Balaban J connectivity index is 1.60. The van der Waals surface area contributed by atoms with Gasteiger partial charge in [0.1, 0.15) is 5.65 Å². The van der Waals surface area contributed by atoms with Gasteiger partial charge in [-0.3, -0.25) is 9.20 Å². The summed E-state index contributed by atoms with van der Waals surface area (Å²) in [6, 6.07) is 10.6. The van der Waals surface area contributed by atoms with Gasteiger partial charge in [-0.25, -0.2) is 9.66 Å². The monoisotopic (exact) mass is 354 g/mol. The minimum Gasteiger partial charge on any atom is -0.461 e. The molecule has 0 aliphatic rings. The van der Waals surface area contributed by atoms with E-state index in [1.807, 2.05) is 25.1 Å². The Morgan fingerprint density at radius 3 is 2.92 bits per heavy atom. The maximum atomic E-state index is 12.3. The highest BCUT2D eigenvalue weighted by Gasteiger charge is 2.15. The van der Waals surface area contributed by atoms with Crippen LogP contribution in [0, 0.1) is 6.92 Å². The SMILES string of the molecule is Cc1cccc2nc(CSc3nnc(-c4ccco4)n3N)cc(=O)n12. The number of aromatic nitrogens is 5. The highest BCUT2D eigenvalue weighted by atomic mass is 32.2. The fraction of sp³-hybridized carbons (Fsp3) is 0.125. The zero-order valence-electron chi connectivity index (χ0n) is 13.3. The van der Waals surface area contributed by atoms with Gasteiger partial charge < -0.3 is 10.3 Å². The summed E-state index contributed by atoms with van der Waals surface area (Å²) in [5.41, 5.74) is 2.01. The zero-order chi connectivity index (χ0) is 17.4. The number of furan rings is 1. The lowest BCUT2D eigenvalue weighted by atomic mass is 10.3. The number of aryl methyl sites for hydroxylation is 1. The Kier molecular flexibility index (Phi) is 3.77. The second kappa shape index (κ2) is 6.10. The van der Waals surface area contributed by atoms with Crippen molar-refractivity contribution in [3.63, 3.8) is 0 Å². The lowest BCUT2D eigenvalue weighted by Crippen LogP contribution is -2.17. The van der Waals surface area contributed by atoms with Gasteiger partial charge in [0.25, 0.3) is 5.56 Å². The quantitative estimate of drug-likeness (QED) is 0.440. The van der Waals surface area contributed by atoms with Crippen molar-refractivity contribution in [2.45, 2.75) is 17.8 Å². The summed E-state index contributed by atoms with van der Waals surface area (Å²) in [4.78, 5) is 16.8. The smallest absolute Gasteiger partial charge is 0.258 e. The molecule has 9 heteroatoms. The molecule has 4 aromatic rings. The average Bonchev–Trinajstić information content (AvgIpc) is 3.22. The fourth-order valence-electron chi connectivity index (χ4n) is 2.53. The molecule has 0 aliphatic heterocycles. The van der Waals surface area contributed by atoms with Crippen LogP contribution >= 0.6 is 11.8 Å². The minimum absolute atomic E-state index is 0.107. The molecule has 0 fully saturated rings. The van der Waals surface area contributed by atoms with E-state index in [4.69, 9.17) is 10.3 Å². The molecule has 0 atom stereocenters. The van der Waals surface area contributed by atoms with E-state index >= 15 is 0 Å². The number of pyridine rings is 1. The molecular weight excluding hydrogens is 340 g/mol. The van der Waals surface area contributed by atoms with Crippen LogP contribution < -0.4 is 11.4 Å². The fourth-order valence-corrected chi connectivity index (χ4v) is 3.27. The van der Waals surface area contributed by atoms with Crippen LogP contribution in [-0.4, -0.2) is 24.3 Å². The lowest BCUT2D eigenvalue weighted by molar-refractivity contribution is 0.574. The second-order valence-corrected chi connectivity index (χ2v) is 6.33. The minimum atomic E-state index is -0.107. The van der Waals surface area contributed by atoms with Gasteiger partial charge in [0.2, 0.25) is 11.0 Å². The van der Waals surface area contributed by atoms with Crippen LogP contribution in [0.3, 0.4) is 0 Å².